The SMILES string of the molecule is CC[C@H](NC(=O)c1cccc(-c2cnc(CN)cn2)c1)c1ccccc1. The molecule has 5 heteroatoms. The lowest BCUT2D eigenvalue weighted by Gasteiger charge is -2.17. The van der Waals surface area contributed by atoms with Crippen molar-refractivity contribution in [2.75, 3.05) is 0 Å². The van der Waals surface area contributed by atoms with E-state index in [9.17, 15) is 4.79 Å². The van der Waals surface area contributed by atoms with Crippen LogP contribution in [0.15, 0.2) is 67.0 Å². The Labute approximate surface area is 153 Å². The summed E-state index contributed by atoms with van der Waals surface area (Å²) in [5.74, 6) is -0.103. The Morgan fingerprint density at radius 1 is 1.08 bits per heavy atom. The molecule has 0 aliphatic carbocycles. The van der Waals surface area contributed by atoms with E-state index in [0.29, 0.717) is 17.8 Å². The maximum Gasteiger partial charge on any atom is 0.251 e. The van der Waals surface area contributed by atoms with E-state index in [0.717, 1.165) is 23.2 Å². The van der Waals surface area contributed by atoms with Crippen molar-refractivity contribution in [3.05, 3.63) is 83.8 Å². The molecule has 5 nitrogen and oxygen atoms in total. The Kier molecular flexibility index (Phi) is 5.71. The number of carbonyl (C=O) groups excluding carboxylic acids is 1. The van der Waals surface area contributed by atoms with Crippen LogP contribution in [-0.4, -0.2) is 15.9 Å². The first-order valence-electron chi connectivity index (χ1n) is 8.68. The number of hydrogen-bond acceptors (Lipinski definition) is 4. The lowest BCUT2D eigenvalue weighted by molar-refractivity contribution is 0.0935. The molecule has 1 atom stereocenters. The number of amides is 1. The predicted octanol–water partition coefficient (Wildman–Crippen LogP) is 3.48. The highest BCUT2D eigenvalue weighted by Gasteiger charge is 2.14. The molecule has 26 heavy (non-hydrogen) atoms. The minimum Gasteiger partial charge on any atom is -0.345 e. The van der Waals surface area contributed by atoms with Gasteiger partial charge in [0.05, 0.1) is 29.8 Å². The van der Waals surface area contributed by atoms with Gasteiger partial charge in [0.1, 0.15) is 0 Å². The second-order valence-electron chi connectivity index (χ2n) is 6.02. The number of carbonyl (C=O) groups is 1. The van der Waals surface area contributed by atoms with Gasteiger partial charge in [0.25, 0.3) is 5.91 Å². The van der Waals surface area contributed by atoms with Gasteiger partial charge in [-0.15, -0.1) is 0 Å². The number of aromatic nitrogens is 2. The fourth-order valence-corrected chi connectivity index (χ4v) is 2.78. The molecule has 3 rings (SSSR count). The van der Waals surface area contributed by atoms with Crippen molar-refractivity contribution in [1.82, 2.24) is 15.3 Å². The van der Waals surface area contributed by atoms with E-state index in [1.54, 1.807) is 18.5 Å². The van der Waals surface area contributed by atoms with Crippen molar-refractivity contribution < 1.29 is 4.79 Å². The molecule has 1 aromatic heterocycles. The Balaban J connectivity index is 1.79. The summed E-state index contributed by atoms with van der Waals surface area (Å²) in [6, 6.07) is 17.4. The summed E-state index contributed by atoms with van der Waals surface area (Å²) in [5.41, 5.74) is 9.55. The highest BCUT2D eigenvalue weighted by molar-refractivity contribution is 5.95. The molecule has 1 heterocycles. The van der Waals surface area contributed by atoms with Crippen LogP contribution in [0.4, 0.5) is 0 Å². The normalized spacial score (nSPS) is 11.8. The summed E-state index contributed by atoms with van der Waals surface area (Å²) in [7, 11) is 0. The molecule has 1 amide bonds. The smallest absolute Gasteiger partial charge is 0.251 e. The average molecular weight is 346 g/mol. The summed E-state index contributed by atoms with van der Waals surface area (Å²) < 4.78 is 0. The fraction of sp³-hybridized carbons (Fsp3) is 0.190. The maximum absolute atomic E-state index is 12.7. The highest BCUT2D eigenvalue weighted by atomic mass is 16.1. The Hall–Kier alpha value is -3.05. The zero-order valence-electron chi connectivity index (χ0n) is 14.7. The molecule has 0 saturated heterocycles. The Morgan fingerprint density at radius 2 is 1.88 bits per heavy atom. The van der Waals surface area contributed by atoms with Crippen LogP contribution in [0.5, 0.6) is 0 Å². The summed E-state index contributed by atoms with van der Waals surface area (Å²) in [6.07, 6.45) is 4.16. The number of rotatable bonds is 6. The molecule has 0 unspecified atom stereocenters. The van der Waals surface area contributed by atoms with Gasteiger partial charge in [-0.25, -0.2) is 0 Å². The minimum atomic E-state index is -0.103. The topological polar surface area (TPSA) is 80.9 Å². The first-order valence-corrected chi connectivity index (χ1v) is 8.68. The zero-order chi connectivity index (χ0) is 18.4. The van der Waals surface area contributed by atoms with E-state index >= 15 is 0 Å². The molecule has 132 valence electrons. The molecule has 0 saturated carbocycles. The van der Waals surface area contributed by atoms with Gasteiger partial charge in [0.2, 0.25) is 0 Å². The van der Waals surface area contributed by atoms with Gasteiger partial charge in [-0.1, -0.05) is 49.4 Å². The summed E-state index contributed by atoms with van der Waals surface area (Å²) in [4.78, 5) is 21.3. The molecule has 0 spiro atoms. The number of nitrogens with two attached hydrogens (primary N) is 1. The zero-order valence-corrected chi connectivity index (χ0v) is 14.7. The first kappa shape index (κ1) is 17.8. The monoisotopic (exact) mass is 346 g/mol. The quantitative estimate of drug-likeness (QED) is 0.716. The van der Waals surface area contributed by atoms with E-state index < -0.39 is 0 Å². The van der Waals surface area contributed by atoms with Crippen LogP contribution >= 0.6 is 0 Å². The first-order chi connectivity index (χ1) is 12.7. The molecule has 0 fully saturated rings. The third-order valence-corrected chi connectivity index (χ3v) is 4.25. The van der Waals surface area contributed by atoms with Crippen LogP contribution in [0.2, 0.25) is 0 Å². The van der Waals surface area contributed by atoms with Crippen molar-refractivity contribution in [2.24, 2.45) is 5.73 Å². The summed E-state index contributed by atoms with van der Waals surface area (Å²) >= 11 is 0. The number of nitrogens with zero attached hydrogens (tertiary/aromatic N) is 2. The molecular weight excluding hydrogens is 324 g/mol. The van der Waals surface area contributed by atoms with Crippen LogP contribution in [0, 0.1) is 0 Å². The van der Waals surface area contributed by atoms with E-state index in [1.807, 2.05) is 48.5 Å². The van der Waals surface area contributed by atoms with E-state index in [-0.39, 0.29) is 11.9 Å². The molecular formula is C21H22N4O. The van der Waals surface area contributed by atoms with Gasteiger partial charge >= 0.3 is 0 Å². The van der Waals surface area contributed by atoms with Gasteiger partial charge in [0.15, 0.2) is 0 Å². The van der Waals surface area contributed by atoms with Gasteiger partial charge < -0.3 is 11.1 Å². The average Bonchev–Trinajstić information content (AvgIpc) is 2.72. The van der Waals surface area contributed by atoms with E-state index in [4.69, 9.17) is 5.73 Å². The fourth-order valence-electron chi connectivity index (χ4n) is 2.78. The predicted molar refractivity (Wildman–Crippen MR) is 102 cm³/mol. The molecule has 2 aromatic carbocycles. The van der Waals surface area contributed by atoms with Gasteiger partial charge in [-0.2, -0.15) is 0 Å². The minimum absolute atomic E-state index is 0.0176. The molecule has 3 aromatic rings. The lowest BCUT2D eigenvalue weighted by atomic mass is 10.0. The second-order valence-corrected chi connectivity index (χ2v) is 6.02. The van der Waals surface area contributed by atoms with Crippen LogP contribution in [0.1, 0.15) is 41.0 Å². The molecule has 0 radical (unpaired) electrons. The third kappa shape index (κ3) is 4.13. The van der Waals surface area contributed by atoms with Crippen LogP contribution < -0.4 is 11.1 Å². The molecule has 0 aliphatic heterocycles. The van der Waals surface area contributed by atoms with Crippen LogP contribution in [0.25, 0.3) is 11.3 Å². The largest absolute Gasteiger partial charge is 0.345 e. The lowest BCUT2D eigenvalue weighted by Crippen LogP contribution is -2.28. The van der Waals surface area contributed by atoms with Crippen LogP contribution in [-0.2, 0) is 6.54 Å². The van der Waals surface area contributed by atoms with E-state index in [1.165, 1.54) is 0 Å². The van der Waals surface area contributed by atoms with E-state index in [2.05, 4.69) is 22.2 Å². The van der Waals surface area contributed by atoms with Gasteiger partial charge in [0, 0.05) is 17.7 Å². The number of benzene rings is 2. The number of nitrogens with one attached hydrogen (secondary N) is 1. The van der Waals surface area contributed by atoms with Crippen molar-refractivity contribution in [3.63, 3.8) is 0 Å². The summed E-state index contributed by atoms with van der Waals surface area (Å²) in [6.45, 7) is 2.41. The Bertz CT molecular complexity index is 863. The second kappa shape index (κ2) is 8.36. The third-order valence-electron chi connectivity index (χ3n) is 4.25. The Morgan fingerprint density at radius 3 is 2.54 bits per heavy atom. The molecule has 0 bridgehead atoms. The van der Waals surface area contributed by atoms with Crippen molar-refractivity contribution in [3.8, 4) is 11.3 Å². The maximum atomic E-state index is 12.7. The van der Waals surface area contributed by atoms with Crippen molar-refractivity contribution in [2.45, 2.75) is 25.9 Å². The summed E-state index contributed by atoms with van der Waals surface area (Å²) in [5, 5.41) is 3.10. The van der Waals surface area contributed by atoms with Crippen molar-refractivity contribution >= 4 is 5.91 Å². The molecule has 3 N–H and O–H groups in total. The standard InChI is InChI=1S/C21H22N4O/c1-2-19(15-7-4-3-5-8-15)25-21(26)17-10-6-9-16(11-17)20-14-23-18(12-22)13-24-20/h3-11,13-14,19H,2,12,22H2,1H3,(H,25,26)/t19-/m0/s1. The van der Waals surface area contributed by atoms with Crippen LogP contribution in [0.3, 0.4) is 0 Å². The van der Waals surface area contributed by atoms with Crippen molar-refractivity contribution in [1.29, 1.82) is 0 Å². The molecule has 0 aliphatic rings. The van der Waals surface area contributed by atoms with Gasteiger partial charge in [-0.05, 0) is 24.1 Å². The highest BCUT2D eigenvalue weighted by Crippen LogP contribution is 2.20. The number of hydrogen-bond donors (Lipinski definition) is 2. The van der Waals surface area contributed by atoms with Gasteiger partial charge in [-0.3, -0.25) is 14.8 Å².